The average molecular weight is 323 g/mol. The Labute approximate surface area is 139 Å². The third-order valence-electron chi connectivity index (χ3n) is 3.70. The molecule has 0 spiro atoms. The molecule has 0 atom stereocenters. The van der Waals surface area contributed by atoms with E-state index in [4.69, 9.17) is 9.52 Å². The van der Waals surface area contributed by atoms with Crippen LogP contribution in [0.5, 0.6) is 0 Å². The molecule has 0 radical (unpaired) electrons. The number of carboxylic acid groups (broad SMARTS) is 1. The van der Waals surface area contributed by atoms with Crippen molar-refractivity contribution in [3.63, 3.8) is 0 Å². The van der Waals surface area contributed by atoms with E-state index in [1.54, 1.807) is 24.4 Å². The third-order valence-corrected chi connectivity index (χ3v) is 3.70. The summed E-state index contributed by atoms with van der Waals surface area (Å²) in [6.45, 7) is 5.66. The number of nitrogens with one attached hydrogen (secondary N) is 1. The Morgan fingerprint density at radius 2 is 1.96 bits per heavy atom. The molecule has 24 heavy (non-hydrogen) atoms. The highest BCUT2D eigenvalue weighted by atomic mass is 16.4. The minimum absolute atomic E-state index is 0.209. The maximum Gasteiger partial charge on any atom is 0.335 e. The maximum atomic E-state index is 11.1. The number of carboxylic acids is 1. The molecule has 6 nitrogen and oxygen atoms in total. The molecule has 2 aromatic heterocycles. The van der Waals surface area contributed by atoms with Crippen molar-refractivity contribution in [2.75, 3.05) is 5.32 Å². The van der Waals surface area contributed by atoms with Gasteiger partial charge >= 0.3 is 5.97 Å². The van der Waals surface area contributed by atoms with Gasteiger partial charge in [0, 0.05) is 17.4 Å². The van der Waals surface area contributed by atoms with Crippen LogP contribution < -0.4 is 5.32 Å². The van der Waals surface area contributed by atoms with Crippen molar-refractivity contribution < 1.29 is 14.3 Å². The Bertz CT molecular complexity index is 916. The highest BCUT2D eigenvalue weighted by molar-refractivity contribution is 5.89. The second-order valence-electron chi connectivity index (χ2n) is 5.55. The number of hydrogen-bond acceptors (Lipinski definition) is 5. The minimum Gasteiger partial charge on any atom is -0.478 e. The van der Waals surface area contributed by atoms with Gasteiger partial charge in [0.25, 0.3) is 0 Å². The number of anilines is 2. The first-order chi connectivity index (χ1) is 11.4. The van der Waals surface area contributed by atoms with Gasteiger partial charge in [0.15, 0.2) is 0 Å². The van der Waals surface area contributed by atoms with Gasteiger partial charge in [0.2, 0.25) is 5.95 Å². The van der Waals surface area contributed by atoms with E-state index < -0.39 is 5.97 Å². The van der Waals surface area contributed by atoms with E-state index in [1.165, 1.54) is 0 Å². The number of carbonyl (C=O) groups is 1. The summed E-state index contributed by atoms with van der Waals surface area (Å²) in [6.07, 6.45) is 1.66. The number of furan rings is 1. The summed E-state index contributed by atoms with van der Waals surface area (Å²) in [4.78, 5) is 19.8. The van der Waals surface area contributed by atoms with Crippen LogP contribution >= 0.6 is 0 Å². The average Bonchev–Trinajstić information content (AvgIpc) is 2.88. The summed E-state index contributed by atoms with van der Waals surface area (Å²) < 4.78 is 5.54. The first-order valence-corrected chi connectivity index (χ1v) is 7.45. The minimum atomic E-state index is -0.975. The van der Waals surface area contributed by atoms with E-state index >= 15 is 0 Å². The lowest BCUT2D eigenvalue weighted by molar-refractivity contribution is 0.0697. The van der Waals surface area contributed by atoms with Crippen molar-refractivity contribution in [1.82, 2.24) is 9.97 Å². The highest BCUT2D eigenvalue weighted by Crippen LogP contribution is 2.26. The lowest BCUT2D eigenvalue weighted by Gasteiger charge is -2.10. The molecule has 2 N–H and O–H groups in total. The fourth-order valence-electron chi connectivity index (χ4n) is 2.46. The van der Waals surface area contributed by atoms with E-state index in [2.05, 4.69) is 15.3 Å². The molecule has 122 valence electrons. The predicted octanol–water partition coefficient (Wildman–Crippen LogP) is 4.10. The quantitative estimate of drug-likeness (QED) is 0.751. The standard InChI is InChI=1S/C18H17N3O3/c1-10-4-5-13(17(22)23)9-16(10)21-18-19-7-6-15(20-18)14-8-11(2)24-12(14)3/h4-9H,1-3H3,(H,22,23)(H,19,20,21). The van der Waals surface area contributed by atoms with Crippen LogP contribution in [-0.2, 0) is 0 Å². The molecule has 2 heterocycles. The van der Waals surface area contributed by atoms with Crippen molar-refractivity contribution in [3.8, 4) is 11.3 Å². The van der Waals surface area contributed by atoms with E-state index in [-0.39, 0.29) is 5.56 Å². The first-order valence-electron chi connectivity index (χ1n) is 7.45. The van der Waals surface area contributed by atoms with E-state index in [1.807, 2.05) is 32.9 Å². The number of hydrogen-bond donors (Lipinski definition) is 2. The van der Waals surface area contributed by atoms with Crippen molar-refractivity contribution in [2.45, 2.75) is 20.8 Å². The third kappa shape index (κ3) is 3.12. The number of benzene rings is 1. The van der Waals surface area contributed by atoms with Crippen molar-refractivity contribution in [1.29, 1.82) is 0 Å². The molecular formula is C18H17N3O3. The molecule has 0 aliphatic heterocycles. The van der Waals surface area contributed by atoms with E-state index in [0.29, 0.717) is 11.6 Å². The van der Waals surface area contributed by atoms with Crippen LogP contribution in [0.1, 0.15) is 27.4 Å². The lowest BCUT2D eigenvalue weighted by Crippen LogP contribution is -2.02. The second kappa shape index (κ2) is 6.16. The van der Waals surface area contributed by atoms with Gasteiger partial charge in [0.05, 0.1) is 11.3 Å². The van der Waals surface area contributed by atoms with Crippen LogP contribution in [0.4, 0.5) is 11.6 Å². The highest BCUT2D eigenvalue weighted by Gasteiger charge is 2.11. The van der Waals surface area contributed by atoms with Crippen molar-refractivity contribution in [2.24, 2.45) is 0 Å². The molecule has 0 saturated carbocycles. The fourth-order valence-corrected chi connectivity index (χ4v) is 2.46. The zero-order valence-corrected chi connectivity index (χ0v) is 13.6. The summed E-state index contributed by atoms with van der Waals surface area (Å²) in [6, 6.07) is 8.62. The van der Waals surface area contributed by atoms with Crippen LogP contribution in [0.15, 0.2) is 40.9 Å². The molecule has 0 fully saturated rings. The summed E-state index contributed by atoms with van der Waals surface area (Å²) in [5.41, 5.74) is 3.43. The van der Waals surface area contributed by atoms with Crippen LogP contribution in [0.3, 0.4) is 0 Å². The molecule has 3 rings (SSSR count). The molecular weight excluding hydrogens is 306 g/mol. The van der Waals surface area contributed by atoms with Crippen LogP contribution in [0, 0.1) is 20.8 Å². The summed E-state index contributed by atoms with van der Waals surface area (Å²) in [5.74, 6) is 1.04. The molecule has 6 heteroatoms. The zero-order valence-electron chi connectivity index (χ0n) is 13.6. The topological polar surface area (TPSA) is 88.2 Å². The Hall–Kier alpha value is -3.15. The van der Waals surface area contributed by atoms with Crippen LogP contribution in [0.2, 0.25) is 0 Å². The Morgan fingerprint density at radius 1 is 1.17 bits per heavy atom. The zero-order chi connectivity index (χ0) is 17.3. The Morgan fingerprint density at radius 3 is 2.62 bits per heavy atom. The van der Waals surface area contributed by atoms with E-state index in [9.17, 15) is 4.79 Å². The summed E-state index contributed by atoms with van der Waals surface area (Å²) >= 11 is 0. The normalized spacial score (nSPS) is 10.6. The summed E-state index contributed by atoms with van der Waals surface area (Å²) in [5, 5.41) is 12.2. The van der Waals surface area contributed by atoms with Gasteiger partial charge in [-0.25, -0.2) is 14.8 Å². The molecule has 0 unspecified atom stereocenters. The van der Waals surface area contributed by atoms with Crippen molar-refractivity contribution in [3.05, 3.63) is 59.2 Å². The molecule has 0 aliphatic rings. The molecule has 3 aromatic rings. The molecule has 1 aromatic carbocycles. The van der Waals surface area contributed by atoms with E-state index in [0.717, 1.165) is 28.3 Å². The number of nitrogens with zero attached hydrogens (tertiary/aromatic N) is 2. The lowest BCUT2D eigenvalue weighted by atomic mass is 10.1. The van der Waals surface area contributed by atoms with Gasteiger partial charge in [-0.1, -0.05) is 6.07 Å². The van der Waals surface area contributed by atoms with Gasteiger partial charge < -0.3 is 14.8 Å². The number of rotatable bonds is 4. The van der Waals surface area contributed by atoms with Crippen molar-refractivity contribution >= 4 is 17.6 Å². The number of aromatic carboxylic acids is 1. The first kappa shape index (κ1) is 15.7. The van der Waals surface area contributed by atoms with Gasteiger partial charge in [-0.3, -0.25) is 0 Å². The predicted molar refractivity (Wildman–Crippen MR) is 90.6 cm³/mol. The van der Waals surface area contributed by atoms with Gasteiger partial charge in [-0.2, -0.15) is 0 Å². The van der Waals surface area contributed by atoms with Gasteiger partial charge in [-0.15, -0.1) is 0 Å². The fraction of sp³-hybridized carbons (Fsp3) is 0.167. The van der Waals surface area contributed by atoms with Gasteiger partial charge in [0.1, 0.15) is 11.5 Å². The number of aromatic nitrogens is 2. The monoisotopic (exact) mass is 323 g/mol. The number of aryl methyl sites for hydroxylation is 3. The SMILES string of the molecule is Cc1cc(-c2ccnc(Nc3cc(C(=O)O)ccc3C)n2)c(C)o1. The molecule has 0 amide bonds. The molecule has 0 aliphatic carbocycles. The van der Waals surface area contributed by atoms with Crippen LogP contribution in [-0.4, -0.2) is 21.0 Å². The molecule has 0 bridgehead atoms. The second-order valence-corrected chi connectivity index (χ2v) is 5.55. The Balaban J connectivity index is 1.94. The summed E-state index contributed by atoms with van der Waals surface area (Å²) in [7, 11) is 0. The largest absolute Gasteiger partial charge is 0.478 e. The van der Waals surface area contributed by atoms with Crippen LogP contribution in [0.25, 0.3) is 11.3 Å². The Kier molecular flexibility index (Phi) is 4.04. The molecule has 0 saturated heterocycles. The maximum absolute atomic E-state index is 11.1. The van der Waals surface area contributed by atoms with Gasteiger partial charge in [-0.05, 0) is 50.6 Å². The smallest absolute Gasteiger partial charge is 0.335 e.